The first-order valence-electron chi connectivity index (χ1n) is 3.21. The molecular weight excluding hydrogens is 144 g/mol. The van der Waals surface area contributed by atoms with Crippen LogP contribution in [0.2, 0.25) is 0 Å². The van der Waals surface area contributed by atoms with Gasteiger partial charge in [-0.15, -0.1) is 11.3 Å². The van der Waals surface area contributed by atoms with E-state index in [2.05, 4.69) is 18.0 Å². The number of thiazole rings is 1. The molecule has 1 aromatic heterocycles. The van der Waals surface area contributed by atoms with Gasteiger partial charge in [-0.2, -0.15) is 5.26 Å². The van der Waals surface area contributed by atoms with Gasteiger partial charge in [0.2, 0.25) is 0 Å². The van der Waals surface area contributed by atoms with Crippen molar-refractivity contribution in [3.8, 4) is 6.07 Å². The second-order valence-corrected chi connectivity index (χ2v) is 2.84. The normalized spacial score (nSPS) is 9.20. The zero-order chi connectivity index (χ0) is 7.40. The number of hydrogen-bond acceptors (Lipinski definition) is 3. The van der Waals surface area contributed by atoms with Crippen molar-refractivity contribution in [3.63, 3.8) is 0 Å². The minimum absolute atomic E-state index is 0.766. The summed E-state index contributed by atoms with van der Waals surface area (Å²) < 4.78 is 0. The summed E-state index contributed by atoms with van der Waals surface area (Å²) in [6.45, 7) is 2.08. The van der Waals surface area contributed by atoms with Crippen LogP contribution in [0.5, 0.6) is 0 Å². The molecule has 0 saturated heterocycles. The molecule has 0 aliphatic rings. The summed E-state index contributed by atoms with van der Waals surface area (Å²) in [4.78, 5) is 4.84. The molecule has 1 aromatic rings. The minimum atomic E-state index is 0.766. The average molecular weight is 152 g/mol. The zero-order valence-electron chi connectivity index (χ0n) is 5.79. The van der Waals surface area contributed by atoms with Crippen LogP contribution in [0.15, 0.2) is 5.51 Å². The molecule has 3 heteroatoms. The van der Waals surface area contributed by atoms with Crippen LogP contribution >= 0.6 is 11.3 Å². The van der Waals surface area contributed by atoms with E-state index in [1.807, 2.05) is 0 Å². The summed E-state index contributed by atoms with van der Waals surface area (Å²) in [6.07, 6.45) is 1.98. The van der Waals surface area contributed by atoms with E-state index in [9.17, 15) is 0 Å². The van der Waals surface area contributed by atoms with Gasteiger partial charge < -0.3 is 0 Å². The van der Waals surface area contributed by atoms with Gasteiger partial charge in [0.25, 0.3) is 0 Å². The number of aromatic nitrogens is 1. The number of nitriles is 1. The maximum Gasteiger partial charge on any atom is 0.127 e. The average Bonchev–Trinajstić information content (AvgIpc) is 2.36. The van der Waals surface area contributed by atoms with Crippen LogP contribution < -0.4 is 0 Å². The van der Waals surface area contributed by atoms with Gasteiger partial charge in [0.1, 0.15) is 10.9 Å². The lowest BCUT2D eigenvalue weighted by atomic mass is 10.2. The first-order valence-corrected chi connectivity index (χ1v) is 4.09. The summed E-state index contributed by atoms with van der Waals surface area (Å²) in [7, 11) is 0. The first-order chi connectivity index (χ1) is 4.88. The molecule has 0 atom stereocenters. The van der Waals surface area contributed by atoms with Crippen molar-refractivity contribution in [1.82, 2.24) is 4.98 Å². The van der Waals surface area contributed by atoms with Crippen LogP contribution in [0.4, 0.5) is 0 Å². The lowest BCUT2D eigenvalue weighted by molar-refractivity contribution is 0.889. The van der Waals surface area contributed by atoms with E-state index in [0.717, 1.165) is 23.4 Å². The van der Waals surface area contributed by atoms with Crippen molar-refractivity contribution in [2.45, 2.75) is 19.8 Å². The van der Waals surface area contributed by atoms with Crippen LogP contribution in [-0.2, 0) is 6.42 Å². The summed E-state index contributed by atoms with van der Waals surface area (Å²) in [5, 5.41) is 8.55. The van der Waals surface area contributed by atoms with Crippen LogP contribution in [-0.4, -0.2) is 4.98 Å². The van der Waals surface area contributed by atoms with E-state index >= 15 is 0 Å². The first kappa shape index (κ1) is 7.23. The van der Waals surface area contributed by atoms with Crippen molar-refractivity contribution >= 4 is 11.3 Å². The zero-order valence-corrected chi connectivity index (χ0v) is 6.61. The topological polar surface area (TPSA) is 36.7 Å². The second-order valence-electron chi connectivity index (χ2n) is 1.99. The highest BCUT2D eigenvalue weighted by atomic mass is 32.1. The summed E-state index contributed by atoms with van der Waals surface area (Å²) >= 11 is 1.42. The van der Waals surface area contributed by atoms with E-state index < -0.39 is 0 Å². The van der Waals surface area contributed by atoms with Crippen molar-refractivity contribution in [1.29, 1.82) is 5.26 Å². The second kappa shape index (κ2) is 3.33. The molecule has 0 spiro atoms. The van der Waals surface area contributed by atoms with Crippen molar-refractivity contribution < 1.29 is 0 Å². The molecule has 0 saturated carbocycles. The molecule has 2 nitrogen and oxygen atoms in total. The highest BCUT2D eigenvalue weighted by molar-refractivity contribution is 7.10. The Labute approximate surface area is 64.1 Å². The molecule has 52 valence electrons. The van der Waals surface area contributed by atoms with E-state index in [0.29, 0.717) is 0 Å². The van der Waals surface area contributed by atoms with Gasteiger partial charge in [0.15, 0.2) is 0 Å². The van der Waals surface area contributed by atoms with E-state index in [1.54, 1.807) is 5.51 Å². The van der Waals surface area contributed by atoms with Gasteiger partial charge in [0.05, 0.1) is 11.2 Å². The lowest BCUT2D eigenvalue weighted by Crippen LogP contribution is -1.84. The Morgan fingerprint density at radius 3 is 3.20 bits per heavy atom. The highest BCUT2D eigenvalue weighted by Gasteiger charge is 2.01. The molecule has 0 unspecified atom stereocenters. The highest BCUT2D eigenvalue weighted by Crippen LogP contribution is 2.12. The van der Waals surface area contributed by atoms with Crippen LogP contribution in [0.25, 0.3) is 0 Å². The summed E-state index contributed by atoms with van der Waals surface area (Å²) in [5.74, 6) is 0. The van der Waals surface area contributed by atoms with Crippen molar-refractivity contribution in [3.05, 3.63) is 16.1 Å². The maximum atomic E-state index is 8.55. The van der Waals surface area contributed by atoms with E-state index in [1.165, 1.54) is 11.3 Å². The third-order valence-corrected chi connectivity index (χ3v) is 2.00. The Morgan fingerprint density at radius 2 is 2.60 bits per heavy atom. The smallest absolute Gasteiger partial charge is 0.127 e. The fraction of sp³-hybridized carbons (Fsp3) is 0.429. The third kappa shape index (κ3) is 1.34. The molecule has 0 radical (unpaired) electrons. The predicted molar refractivity (Wildman–Crippen MR) is 40.8 cm³/mol. The predicted octanol–water partition coefficient (Wildman–Crippen LogP) is 1.97. The fourth-order valence-electron chi connectivity index (χ4n) is 0.775. The van der Waals surface area contributed by atoms with Crippen LogP contribution in [0.1, 0.15) is 23.9 Å². The Kier molecular flexibility index (Phi) is 2.41. The number of aryl methyl sites for hydroxylation is 1. The van der Waals surface area contributed by atoms with Gasteiger partial charge in [-0.05, 0) is 6.42 Å². The molecule has 10 heavy (non-hydrogen) atoms. The molecule has 0 aliphatic carbocycles. The largest absolute Gasteiger partial charge is 0.248 e. The molecule has 0 aliphatic heterocycles. The Morgan fingerprint density at radius 1 is 1.80 bits per heavy atom. The monoisotopic (exact) mass is 152 g/mol. The maximum absolute atomic E-state index is 8.55. The molecule has 0 fully saturated rings. The molecule has 0 bridgehead atoms. The van der Waals surface area contributed by atoms with Gasteiger partial charge in [-0.1, -0.05) is 13.3 Å². The number of rotatable bonds is 2. The minimum Gasteiger partial charge on any atom is -0.248 e. The van der Waals surface area contributed by atoms with Gasteiger partial charge in [-0.25, -0.2) is 4.98 Å². The van der Waals surface area contributed by atoms with Crippen molar-refractivity contribution in [2.75, 3.05) is 0 Å². The quantitative estimate of drug-likeness (QED) is 0.649. The van der Waals surface area contributed by atoms with Gasteiger partial charge in [-0.3, -0.25) is 0 Å². The molecule has 0 N–H and O–H groups in total. The van der Waals surface area contributed by atoms with E-state index in [4.69, 9.17) is 5.26 Å². The molecule has 0 amide bonds. The lowest BCUT2D eigenvalue weighted by Gasteiger charge is -1.88. The summed E-state index contributed by atoms with van der Waals surface area (Å²) in [5.41, 5.74) is 2.68. The molecule has 1 rings (SSSR count). The SMILES string of the molecule is CCCc1ncsc1C#N. The molecule has 1 heterocycles. The molecular formula is C7H8N2S. The Balaban J connectivity index is 2.82. The standard InChI is InChI=1S/C7H8N2S/c1-2-3-6-7(4-8)10-5-9-6/h5H,2-3H2,1H3. The van der Waals surface area contributed by atoms with Crippen molar-refractivity contribution in [2.24, 2.45) is 0 Å². The van der Waals surface area contributed by atoms with Crippen LogP contribution in [0, 0.1) is 11.3 Å². The fourth-order valence-corrected chi connectivity index (χ4v) is 1.40. The van der Waals surface area contributed by atoms with Gasteiger partial charge in [0, 0.05) is 0 Å². The number of hydrogen-bond donors (Lipinski definition) is 0. The molecule has 0 aromatic carbocycles. The van der Waals surface area contributed by atoms with Gasteiger partial charge >= 0.3 is 0 Å². The number of nitrogens with zero attached hydrogens (tertiary/aromatic N) is 2. The van der Waals surface area contributed by atoms with Crippen LogP contribution in [0.3, 0.4) is 0 Å². The summed E-state index contributed by atoms with van der Waals surface area (Å²) in [6, 6.07) is 2.12. The third-order valence-electron chi connectivity index (χ3n) is 1.23. The van der Waals surface area contributed by atoms with E-state index in [-0.39, 0.29) is 0 Å². The Hall–Kier alpha value is -0.880. The Bertz CT molecular complexity index is 246.